The van der Waals surface area contributed by atoms with Crippen molar-refractivity contribution in [3.63, 3.8) is 0 Å². The number of rotatable bonds is 4. The van der Waals surface area contributed by atoms with Gasteiger partial charge in [-0.2, -0.15) is 5.10 Å². The third-order valence-corrected chi connectivity index (χ3v) is 4.94. The van der Waals surface area contributed by atoms with Gasteiger partial charge in [0.25, 0.3) is 0 Å². The molecule has 4 rings (SSSR count). The Balaban J connectivity index is 0.00000225. The number of halogens is 1. The monoisotopic (exact) mass is 403 g/mol. The predicted octanol–water partition coefficient (Wildman–Crippen LogP) is 0.754. The van der Waals surface area contributed by atoms with E-state index in [4.69, 9.17) is 16.5 Å². The first-order chi connectivity index (χ1) is 12.9. The summed E-state index contributed by atoms with van der Waals surface area (Å²) in [6.45, 7) is 0. The van der Waals surface area contributed by atoms with E-state index in [2.05, 4.69) is 10.2 Å². The number of aryl methyl sites for hydroxylation is 1. The first-order valence-electron chi connectivity index (χ1n) is 8.72. The zero-order valence-electron chi connectivity index (χ0n) is 15.3. The number of aliphatic hydroxyl groups excluding tert-OH is 1. The van der Waals surface area contributed by atoms with E-state index in [1.165, 1.54) is 0 Å². The van der Waals surface area contributed by atoms with Gasteiger partial charge in [0, 0.05) is 30.1 Å². The van der Waals surface area contributed by atoms with Crippen LogP contribution in [0.1, 0.15) is 34.9 Å². The van der Waals surface area contributed by atoms with Crippen molar-refractivity contribution in [2.75, 3.05) is 0 Å². The lowest BCUT2D eigenvalue weighted by Crippen LogP contribution is -2.28. The minimum absolute atomic E-state index is 0. The number of aromatic nitrogens is 5. The Kier molecular flexibility index (Phi) is 5.50. The van der Waals surface area contributed by atoms with Crippen molar-refractivity contribution in [1.29, 1.82) is 0 Å². The van der Waals surface area contributed by atoms with Gasteiger partial charge < -0.3 is 16.6 Å². The largest absolute Gasteiger partial charge is 0.391 e. The second-order valence-corrected chi connectivity index (χ2v) is 6.92. The van der Waals surface area contributed by atoms with Gasteiger partial charge in [0.05, 0.1) is 18.5 Å². The fourth-order valence-electron chi connectivity index (χ4n) is 3.46. The van der Waals surface area contributed by atoms with Crippen molar-refractivity contribution in [2.24, 2.45) is 18.5 Å². The van der Waals surface area contributed by atoms with Crippen LogP contribution >= 0.6 is 12.4 Å². The van der Waals surface area contributed by atoms with Gasteiger partial charge in [0.2, 0.25) is 5.91 Å². The van der Waals surface area contributed by atoms with Crippen molar-refractivity contribution in [3.05, 3.63) is 48.0 Å². The Hall–Kier alpha value is -2.75. The van der Waals surface area contributed by atoms with Gasteiger partial charge in [-0.05, 0) is 25.0 Å². The maximum absolute atomic E-state index is 11.3. The molecule has 0 unspecified atom stereocenters. The van der Waals surface area contributed by atoms with Gasteiger partial charge in [-0.1, -0.05) is 12.1 Å². The molecule has 10 heteroatoms. The first-order valence-corrected chi connectivity index (χ1v) is 8.72. The molecule has 3 aromatic rings. The maximum Gasteiger partial charge on any atom is 0.248 e. The fourth-order valence-corrected chi connectivity index (χ4v) is 3.46. The second-order valence-electron chi connectivity index (χ2n) is 6.92. The number of nitrogens with two attached hydrogens (primary N) is 2. The summed E-state index contributed by atoms with van der Waals surface area (Å²) in [4.78, 5) is 16.0. The first kappa shape index (κ1) is 20.0. The molecule has 0 radical (unpaired) electrons. The molecular weight excluding hydrogens is 382 g/mol. The van der Waals surface area contributed by atoms with Crippen LogP contribution in [0.3, 0.4) is 0 Å². The van der Waals surface area contributed by atoms with E-state index in [0.29, 0.717) is 24.2 Å². The normalized spacial score (nSPS) is 21.5. The van der Waals surface area contributed by atoms with Crippen LogP contribution in [0, 0.1) is 0 Å². The van der Waals surface area contributed by atoms with Gasteiger partial charge in [0.15, 0.2) is 5.82 Å². The highest BCUT2D eigenvalue weighted by atomic mass is 35.5. The number of aliphatic hydroxyl groups is 1. The number of hydrogen-bond donors (Lipinski definition) is 3. The molecule has 148 valence electrons. The van der Waals surface area contributed by atoms with E-state index in [-0.39, 0.29) is 24.4 Å². The number of amides is 1. The highest BCUT2D eigenvalue weighted by molar-refractivity contribution is 5.93. The third-order valence-electron chi connectivity index (χ3n) is 4.94. The number of carbonyl (C=O) groups excluding carboxylic acids is 1. The maximum atomic E-state index is 11.3. The lowest BCUT2D eigenvalue weighted by atomic mass is 10.1. The second kappa shape index (κ2) is 7.70. The fraction of sp³-hybridized carbons (Fsp3) is 0.333. The molecule has 0 bridgehead atoms. The van der Waals surface area contributed by atoms with Gasteiger partial charge >= 0.3 is 0 Å². The standard InChI is InChI=1S/C18H21N7O2.ClH/c1-24-9-13(8-21-24)25-18(12-6-14(19)15(26)7-12)22-17(23-25)11-4-2-10(3-5-11)16(20)27;/h2-5,8-9,12,14-15,26H,6-7,19H2,1H3,(H2,20,27);1H/t12-,14-,15-;/m0./s1. The number of benzene rings is 1. The lowest BCUT2D eigenvalue weighted by molar-refractivity contribution is 0.100. The Morgan fingerprint density at radius 3 is 2.50 bits per heavy atom. The van der Waals surface area contributed by atoms with Gasteiger partial charge in [-0.15, -0.1) is 17.5 Å². The number of primary amides is 1. The molecule has 28 heavy (non-hydrogen) atoms. The summed E-state index contributed by atoms with van der Waals surface area (Å²) < 4.78 is 3.44. The number of carbonyl (C=O) groups is 1. The predicted molar refractivity (Wildman–Crippen MR) is 105 cm³/mol. The van der Waals surface area contributed by atoms with Gasteiger partial charge in [0.1, 0.15) is 11.5 Å². The van der Waals surface area contributed by atoms with Crippen LogP contribution in [0.5, 0.6) is 0 Å². The van der Waals surface area contributed by atoms with Crippen LogP contribution in [0.2, 0.25) is 0 Å². The van der Waals surface area contributed by atoms with Crippen LogP contribution in [0.15, 0.2) is 36.7 Å². The Morgan fingerprint density at radius 1 is 1.25 bits per heavy atom. The smallest absolute Gasteiger partial charge is 0.248 e. The lowest BCUT2D eigenvalue weighted by Gasteiger charge is -2.09. The number of hydrogen-bond acceptors (Lipinski definition) is 6. The van der Waals surface area contributed by atoms with E-state index < -0.39 is 12.0 Å². The molecule has 0 aliphatic heterocycles. The van der Waals surface area contributed by atoms with Crippen LogP contribution in [-0.4, -0.2) is 47.7 Å². The van der Waals surface area contributed by atoms with Crippen molar-refractivity contribution in [3.8, 4) is 17.1 Å². The molecule has 3 atom stereocenters. The quantitative estimate of drug-likeness (QED) is 0.587. The minimum Gasteiger partial charge on any atom is -0.391 e. The summed E-state index contributed by atoms with van der Waals surface area (Å²) in [6, 6.07) is 6.56. The van der Waals surface area contributed by atoms with E-state index in [1.54, 1.807) is 39.8 Å². The molecule has 1 amide bonds. The molecule has 1 aromatic carbocycles. The zero-order chi connectivity index (χ0) is 19.1. The van der Waals surface area contributed by atoms with E-state index in [1.807, 2.05) is 13.2 Å². The van der Waals surface area contributed by atoms with E-state index in [9.17, 15) is 9.90 Å². The molecule has 5 N–H and O–H groups in total. The average Bonchev–Trinajstić information content (AvgIpc) is 3.34. The highest BCUT2D eigenvalue weighted by Crippen LogP contribution is 2.35. The molecule has 0 saturated heterocycles. The Labute approximate surface area is 167 Å². The molecule has 1 aliphatic rings. The topological polar surface area (TPSA) is 138 Å². The highest BCUT2D eigenvalue weighted by Gasteiger charge is 2.35. The van der Waals surface area contributed by atoms with Gasteiger partial charge in [-0.25, -0.2) is 9.67 Å². The van der Waals surface area contributed by atoms with Crippen molar-refractivity contribution in [1.82, 2.24) is 24.5 Å². The van der Waals surface area contributed by atoms with E-state index >= 15 is 0 Å². The summed E-state index contributed by atoms with van der Waals surface area (Å²) in [6.07, 6.45) is 4.19. The van der Waals surface area contributed by atoms with Gasteiger partial charge in [-0.3, -0.25) is 9.48 Å². The molecule has 0 spiro atoms. The summed E-state index contributed by atoms with van der Waals surface area (Å²) >= 11 is 0. The molecule has 1 saturated carbocycles. The van der Waals surface area contributed by atoms with E-state index in [0.717, 1.165) is 17.1 Å². The number of nitrogens with zero attached hydrogens (tertiary/aromatic N) is 5. The molecule has 9 nitrogen and oxygen atoms in total. The van der Waals surface area contributed by atoms with Crippen LogP contribution in [-0.2, 0) is 7.05 Å². The summed E-state index contributed by atoms with van der Waals surface area (Å²) in [7, 11) is 1.83. The SMILES string of the molecule is Cl.Cn1cc(-n2nc(-c3ccc(C(N)=O)cc3)nc2[C@H]2C[C@H](N)[C@@H](O)C2)cn1. The molecule has 2 heterocycles. The Bertz CT molecular complexity index is 972. The zero-order valence-corrected chi connectivity index (χ0v) is 16.1. The molecule has 1 aliphatic carbocycles. The van der Waals surface area contributed by atoms with Crippen molar-refractivity contribution in [2.45, 2.75) is 30.9 Å². The van der Waals surface area contributed by atoms with Crippen molar-refractivity contribution < 1.29 is 9.90 Å². The summed E-state index contributed by atoms with van der Waals surface area (Å²) in [5.74, 6) is 0.787. The van der Waals surface area contributed by atoms with Crippen LogP contribution in [0.25, 0.3) is 17.1 Å². The Morgan fingerprint density at radius 2 is 1.96 bits per heavy atom. The average molecular weight is 404 g/mol. The minimum atomic E-state index is -0.549. The third kappa shape index (κ3) is 3.64. The van der Waals surface area contributed by atoms with Crippen LogP contribution in [0.4, 0.5) is 0 Å². The summed E-state index contributed by atoms with van der Waals surface area (Å²) in [5, 5.41) is 18.9. The summed E-state index contributed by atoms with van der Waals surface area (Å²) in [5.41, 5.74) is 13.3. The molecule has 2 aromatic heterocycles. The molecule has 1 fully saturated rings. The van der Waals surface area contributed by atoms with Crippen molar-refractivity contribution >= 4 is 18.3 Å². The van der Waals surface area contributed by atoms with Crippen LogP contribution < -0.4 is 11.5 Å². The molecular formula is C18H22ClN7O2.